The Bertz CT molecular complexity index is 629. The van der Waals surface area contributed by atoms with Crippen molar-refractivity contribution in [1.82, 2.24) is 20.0 Å². The Morgan fingerprint density at radius 2 is 2.36 bits per heavy atom. The van der Waals surface area contributed by atoms with Crippen LogP contribution in [0.5, 0.6) is 0 Å². The zero-order chi connectivity index (χ0) is 15.4. The molecule has 3 heterocycles. The molecule has 1 saturated heterocycles. The van der Waals surface area contributed by atoms with Crippen LogP contribution in [0.2, 0.25) is 0 Å². The fraction of sp³-hybridized carbons (Fsp3) is 0.467. The van der Waals surface area contributed by atoms with E-state index >= 15 is 0 Å². The van der Waals surface area contributed by atoms with Crippen LogP contribution in [0.15, 0.2) is 28.9 Å². The van der Waals surface area contributed by atoms with Gasteiger partial charge in [-0.1, -0.05) is 11.2 Å². The van der Waals surface area contributed by atoms with Crippen molar-refractivity contribution in [2.45, 2.75) is 25.8 Å². The molecular formula is C15H18N4O3. The zero-order valence-electron chi connectivity index (χ0n) is 12.4. The topological polar surface area (TPSA) is 81.4 Å². The number of hydrogen-bond donors (Lipinski definition) is 0. The molecule has 1 aliphatic rings. The van der Waals surface area contributed by atoms with Crippen LogP contribution in [0.4, 0.5) is 0 Å². The van der Waals surface area contributed by atoms with Crippen LogP contribution in [0.1, 0.15) is 19.2 Å². The lowest BCUT2D eigenvalue weighted by molar-refractivity contribution is -0.139. The molecule has 0 spiro atoms. The van der Waals surface area contributed by atoms with Gasteiger partial charge in [-0.15, -0.1) is 0 Å². The predicted octanol–water partition coefficient (Wildman–Crippen LogP) is 1.31. The molecule has 3 rings (SSSR count). The monoisotopic (exact) mass is 302 g/mol. The van der Waals surface area contributed by atoms with E-state index in [4.69, 9.17) is 9.26 Å². The molecule has 1 fully saturated rings. The number of carbonyl (C=O) groups is 1. The largest absolute Gasteiger partial charge is 0.377 e. The first-order valence-electron chi connectivity index (χ1n) is 7.35. The summed E-state index contributed by atoms with van der Waals surface area (Å²) in [7, 11) is 0. The Balaban J connectivity index is 1.58. The molecule has 7 nitrogen and oxygen atoms in total. The highest BCUT2D eigenvalue weighted by Crippen LogP contribution is 2.14. The predicted molar refractivity (Wildman–Crippen MR) is 77.8 cm³/mol. The van der Waals surface area contributed by atoms with E-state index in [0.717, 1.165) is 0 Å². The summed E-state index contributed by atoms with van der Waals surface area (Å²) < 4.78 is 10.5. The Labute approximate surface area is 128 Å². The summed E-state index contributed by atoms with van der Waals surface area (Å²) in [5, 5.41) is 3.90. The summed E-state index contributed by atoms with van der Waals surface area (Å²) in [6.07, 6.45) is 2.46. The molecule has 0 bridgehead atoms. The maximum Gasteiger partial charge on any atom is 0.227 e. The molecule has 1 aliphatic heterocycles. The third-order valence-electron chi connectivity index (χ3n) is 3.60. The normalized spacial score (nSPS) is 18.4. The molecule has 1 amide bonds. The minimum atomic E-state index is 0.0911. The molecule has 2 aromatic heterocycles. The Morgan fingerprint density at radius 1 is 1.45 bits per heavy atom. The van der Waals surface area contributed by atoms with Crippen LogP contribution >= 0.6 is 0 Å². The Morgan fingerprint density at radius 3 is 3.14 bits per heavy atom. The number of morpholine rings is 1. The number of hydrogen-bond acceptors (Lipinski definition) is 6. The van der Waals surface area contributed by atoms with E-state index in [2.05, 4.69) is 15.1 Å². The average molecular weight is 302 g/mol. The third-order valence-corrected chi connectivity index (χ3v) is 3.60. The molecule has 116 valence electrons. The van der Waals surface area contributed by atoms with Crippen LogP contribution < -0.4 is 0 Å². The van der Waals surface area contributed by atoms with E-state index in [1.807, 2.05) is 30.0 Å². The maximum absolute atomic E-state index is 12.2. The van der Waals surface area contributed by atoms with E-state index < -0.39 is 0 Å². The van der Waals surface area contributed by atoms with Gasteiger partial charge in [0.15, 0.2) is 0 Å². The first-order valence-corrected chi connectivity index (χ1v) is 7.35. The van der Waals surface area contributed by atoms with Crippen LogP contribution in [0.25, 0.3) is 11.5 Å². The van der Waals surface area contributed by atoms with E-state index in [1.54, 1.807) is 6.20 Å². The van der Waals surface area contributed by atoms with Crippen LogP contribution in [0, 0.1) is 0 Å². The van der Waals surface area contributed by atoms with Gasteiger partial charge >= 0.3 is 0 Å². The van der Waals surface area contributed by atoms with Gasteiger partial charge in [-0.3, -0.25) is 9.78 Å². The van der Waals surface area contributed by atoms with Crippen molar-refractivity contribution in [3.63, 3.8) is 0 Å². The summed E-state index contributed by atoms with van der Waals surface area (Å²) in [6.45, 7) is 3.82. The van der Waals surface area contributed by atoms with E-state index in [-0.39, 0.29) is 11.9 Å². The first-order chi connectivity index (χ1) is 10.7. The second kappa shape index (κ2) is 6.65. The lowest BCUT2D eigenvalue weighted by Crippen LogP contribution is -2.47. The fourth-order valence-electron chi connectivity index (χ4n) is 2.41. The van der Waals surface area contributed by atoms with Gasteiger partial charge in [0, 0.05) is 25.6 Å². The number of pyridine rings is 1. The summed E-state index contributed by atoms with van der Waals surface area (Å²) in [5.74, 6) is 0.992. The van der Waals surface area contributed by atoms with Crippen molar-refractivity contribution in [3.8, 4) is 11.5 Å². The van der Waals surface area contributed by atoms with Crippen molar-refractivity contribution >= 4 is 5.91 Å². The molecule has 0 saturated carbocycles. The number of aryl methyl sites for hydroxylation is 1. The molecule has 22 heavy (non-hydrogen) atoms. The highest BCUT2D eigenvalue weighted by Gasteiger charge is 2.23. The zero-order valence-corrected chi connectivity index (χ0v) is 12.4. The van der Waals surface area contributed by atoms with Gasteiger partial charge < -0.3 is 14.2 Å². The van der Waals surface area contributed by atoms with Crippen molar-refractivity contribution in [1.29, 1.82) is 0 Å². The molecule has 0 unspecified atom stereocenters. The van der Waals surface area contributed by atoms with Crippen molar-refractivity contribution < 1.29 is 14.1 Å². The second-order valence-corrected chi connectivity index (χ2v) is 5.24. The quantitative estimate of drug-likeness (QED) is 0.847. The van der Waals surface area contributed by atoms with Crippen LogP contribution in [0.3, 0.4) is 0 Å². The highest BCUT2D eigenvalue weighted by atomic mass is 16.5. The average Bonchev–Trinajstić information content (AvgIpc) is 3.03. The Kier molecular flexibility index (Phi) is 4.43. The SMILES string of the molecule is C[C@H]1COCCN1C(=O)CCc1nc(-c2ccccn2)no1. The van der Waals surface area contributed by atoms with Gasteiger partial charge in [0.05, 0.1) is 19.3 Å². The van der Waals surface area contributed by atoms with E-state index in [0.29, 0.717) is 50.0 Å². The number of rotatable bonds is 4. The molecule has 0 aromatic carbocycles. The molecule has 0 radical (unpaired) electrons. The number of carbonyl (C=O) groups excluding carboxylic acids is 1. The van der Waals surface area contributed by atoms with Crippen molar-refractivity contribution in [3.05, 3.63) is 30.3 Å². The van der Waals surface area contributed by atoms with Crippen LogP contribution in [-0.4, -0.2) is 51.7 Å². The molecule has 2 aromatic rings. The summed E-state index contributed by atoms with van der Waals surface area (Å²) in [4.78, 5) is 22.5. The molecule has 0 N–H and O–H groups in total. The standard InChI is InChI=1S/C15H18N4O3/c1-11-10-21-9-8-19(11)14(20)6-5-13-17-15(18-22-13)12-4-2-3-7-16-12/h2-4,7,11H,5-6,8-10H2,1H3/t11-/m0/s1. The molecule has 0 aliphatic carbocycles. The summed E-state index contributed by atoms with van der Waals surface area (Å²) in [5.41, 5.74) is 0.658. The molecular weight excluding hydrogens is 284 g/mol. The van der Waals surface area contributed by atoms with Gasteiger partial charge in [-0.25, -0.2) is 0 Å². The van der Waals surface area contributed by atoms with Gasteiger partial charge in [0.2, 0.25) is 17.6 Å². The van der Waals surface area contributed by atoms with Crippen molar-refractivity contribution in [2.24, 2.45) is 0 Å². The second-order valence-electron chi connectivity index (χ2n) is 5.24. The van der Waals surface area contributed by atoms with Gasteiger partial charge in [0.25, 0.3) is 0 Å². The lowest BCUT2D eigenvalue weighted by Gasteiger charge is -2.33. The minimum Gasteiger partial charge on any atom is -0.377 e. The maximum atomic E-state index is 12.2. The first kappa shape index (κ1) is 14.6. The number of aromatic nitrogens is 3. The van der Waals surface area contributed by atoms with E-state index in [9.17, 15) is 4.79 Å². The smallest absolute Gasteiger partial charge is 0.227 e. The van der Waals surface area contributed by atoms with Gasteiger partial charge in [-0.2, -0.15) is 4.98 Å². The summed E-state index contributed by atoms with van der Waals surface area (Å²) >= 11 is 0. The molecule has 1 atom stereocenters. The molecule has 7 heteroatoms. The number of nitrogens with zero attached hydrogens (tertiary/aromatic N) is 4. The number of amides is 1. The van der Waals surface area contributed by atoms with Gasteiger partial charge in [0.1, 0.15) is 5.69 Å². The third kappa shape index (κ3) is 3.30. The minimum absolute atomic E-state index is 0.0911. The van der Waals surface area contributed by atoms with Crippen molar-refractivity contribution in [2.75, 3.05) is 19.8 Å². The fourth-order valence-corrected chi connectivity index (χ4v) is 2.41. The van der Waals surface area contributed by atoms with E-state index in [1.165, 1.54) is 0 Å². The van der Waals surface area contributed by atoms with Gasteiger partial charge in [-0.05, 0) is 19.1 Å². The Hall–Kier alpha value is -2.28. The summed E-state index contributed by atoms with van der Waals surface area (Å²) in [6, 6.07) is 5.62. The van der Waals surface area contributed by atoms with Crippen LogP contribution in [-0.2, 0) is 16.0 Å². The number of ether oxygens (including phenoxy) is 1. The highest BCUT2D eigenvalue weighted by molar-refractivity contribution is 5.76. The lowest BCUT2D eigenvalue weighted by atomic mass is 10.2.